The van der Waals surface area contributed by atoms with E-state index in [0.717, 1.165) is 51.4 Å². The summed E-state index contributed by atoms with van der Waals surface area (Å²) in [6.45, 7) is 4.66. The number of nitrogens with zero attached hydrogens (tertiary/aromatic N) is 1. The number of hydrogen-bond acceptors (Lipinski definition) is 7. The normalized spacial score (nSPS) is 13.0. The largest absolute Gasteiger partial charge is 0.544 e. The molecule has 2 unspecified atom stereocenters. The monoisotopic (exact) mass is 834 g/mol. The summed E-state index contributed by atoms with van der Waals surface area (Å²) in [6, 6.07) is -0.726. The predicted octanol–water partition coefficient (Wildman–Crippen LogP) is 12.7. The van der Waals surface area contributed by atoms with Gasteiger partial charge in [0.15, 0.2) is 6.10 Å². The molecule has 2 atom stereocenters. The third-order valence-corrected chi connectivity index (χ3v) is 11.3. The maximum absolute atomic E-state index is 12.8. The van der Waals surface area contributed by atoms with Crippen molar-refractivity contribution in [3.05, 3.63) is 24.3 Å². The van der Waals surface area contributed by atoms with Crippen LogP contribution in [-0.2, 0) is 28.6 Å². The SMILES string of the molecule is CCCCCCCC/C=C/CCCCCC(=O)OCC(COCCC(C(=O)[O-])[N+](C)(C)C)OC(=O)CCCCCCCCC/C=C/CCCCCCCCCCCCC. The van der Waals surface area contributed by atoms with Gasteiger partial charge in [0.05, 0.1) is 40.3 Å². The summed E-state index contributed by atoms with van der Waals surface area (Å²) in [5.41, 5.74) is 0. The number of carboxylic acid groups (broad SMARTS) is 1. The van der Waals surface area contributed by atoms with Gasteiger partial charge in [0, 0.05) is 19.3 Å². The molecular formula is C51H95NO7. The van der Waals surface area contributed by atoms with E-state index < -0.39 is 18.1 Å². The second-order valence-corrected chi connectivity index (χ2v) is 18.0. The molecule has 0 aromatic carbocycles. The fourth-order valence-corrected chi connectivity index (χ4v) is 7.41. The number of rotatable bonds is 45. The zero-order chi connectivity index (χ0) is 43.5. The molecule has 346 valence electrons. The molecular weight excluding hydrogens is 739 g/mol. The highest BCUT2D eigenvalue weighted by Crippen LogP contribution is 2.15. The molecule has 0 saturated heterocycles. The molecule has 0 saturated carbocycles. The Bertz CT molecular complexity index is 1020. The van der Waals surface area contributed by atoms with Crippen LogP contribution in [-0.4, -0.2) is 75.5 Å². The Balaban J connectivity index is 4.23. The molecule has 8 nitrogen and oxygen atoms in total. The molecule has 0 aliphatic carbocycles. The van der Waals surface area contributed by atoms with Gasteiger partial charge in [-0.05, 0) is 64.2 Å². The third-order valence-electron chi connectivity index (χ3n) is 11.3. The molecule has 0 aliphatic heterocycles. The van der Waals surface area contributed by atoms with Crippen LogP contribution in [0.1, 0.15) is 232 Å². The highest BCUT2D eigenvalue weighted by atomic mass is 16.6. The minimum Gasteiger partial charge on any atom is -0.544 e. The highest BCUT2D eigenvalue weighted by molar-refractivity contribution is 5.70. The first-order valence-electron chi connectivity index (χ1n) is 24.9. The lowest BCUT2D eigenvalue weighted by molar-refractivity contribution is -0.889. The molecule has 0 aliphatic rings. The van der Waals surface area contributed by atoms with Gasteiger partial charge in [-0.2, -0.15) is 0 Å². The van der Waals surface area contributed by atoms with Crippen molar-refractivity contribution in [2.24, 2.45) is 0 Å². The molecule has 8 heteroatoms. The van der Waals surface area contributed by atoms with Crippen LogP contribution in [0.25, 0.3) is 0 Å². The maximum atomic E-state index is 12.8. The van der Waals surface area contributed by atoms with Crippen LogP contribution < -0.4 is 5.11 Å². The number of hydrogen-bond donors (Lipinski definition) is 0. The van der Waals surface area contributed by atoms with Crippen molar-refractivity contribution < 1.29 is 38.2 Å². The van der Waals surface area contributed by atoms with Crippen LogP contribution in [0.2, 0.25) is 0 Å². The van der Waals surface area contributed by atoms with Crippen LogP contribution in [0, 0.1) is 0 Å². The quantitative estimate of drug-likeness (QED) is 0.0260. The molecule has 0 heterocycles. The Morgan fingerprint density at radius 1 is 0.492 bits per heavy atom. The van der Waals surface area contributed by atoms with Gasteiger partial charge in [-0.3, -0.25) is 9.59 Å². The standard InChI is InChI=1S/C51H95NO7/c1-6-8-10-12-14-16-18-20-21-22-23-24-25-26-27-28-30-32-34-36-38-40-42-50(54)59-47(45-57-44-43-48(51(55)56)52(3,4)5)46-58-49(53)41-39-37-35-33-31-29-19-17-15-13-11-9-7-2/h25-26,29,31,47-48H,6-24,27-28,30,32-46H2,1-5H3/b26-25+,31-29+. The predicted molar refractivity (Wildman–Crippen MR) is 245 cm³/mol. The van der Waals surface area contributed by atoms with Gasteiger partial charge in [0.1, 0.15) is 12.6 Å². The Kier molecular flexibility index (Phi) is 40.9. The summed E-state index contributed by atoms with van der Waals surface area (Å²) in [4.78, 5) is 36.9. The first-order chi connectivity index (χ1) is 28.6. The number of allylic oxidation sites excluding steroid dienone is 4. The number of carboxylic acids is 1. The zero-order valence-corrected chi connectivity index (χ0v) is 39.4. The number of quaternary nitrogens is 1. The van der Waals surface area contributed by atoms with E-state index in [1.807, 2.05) is 0 Å². The molecule has 0 aromatic rings. The lowest BCUT2D eigenvalue weighted by Crippen LogP contribution is -2.55. The fourth-order valence-electron chi connectivity index (χ4n) is 7.41. The minimum absolute atomic E-state index is 0.0373. The zero-order valence-electron chi connectivity index (χ0n) is 39.4. The molecule has 0 radical (unpaired) electrons. The fraction of sp³-hybridized carbons (Fsp3) is 0.863. The lowest BCUT2D eigenvalue weighted by atomic mass is 10.0. The van der Waals surface area contributed by atoms with Crippen molar-refractivity contribution in [3.8, 4) is 0 Å². The van der Waals surface area contributed by atoms with Gasteiger partial charge in [0.2, 0.25) is 0 Å². The summed E-state index contributed by atoms with van der Waals surface area (Å²) in [6.07, 6.45) is 47.8. The van der Waals surface area contributed by atoms with E-state index in [-0.39, 0.29) is 42.7 Å². The molecule has 0 aromatic heterocycles. The number of aliphatic carboxylic acids is 1. The number of likely N-dealkylation sites (N-methyl/N-ethyl adjacent to an activating group) is 1. The molecule has 0 rings (SSSR count). The maximum Gasteiger partial charge on any atom is 0.306 e. The summed E-state index contributed by atoms with van der Waals surface area (Å²) >= 11 is 0. The lowest BCUT2D eigenvalue weighted by Gasteiger charge is -2.34. The van der Waals surface area contributed by atoms with Crippen molar-refractivity contribution >= 4 is 17.9 Å². The van der Waals surface area contributed by atoms with Gasteiger partial charge in [0.25, 0.3) is 0 Å². The molecule has 0 N–H and O–H groups in total. The third kappa shape index (κ3) is 41.0. The van der Waals surface area contributed by atoms with Crippen molar-refractivity contribution in [1.82, 2.24) is 0 Å². The summed E-state index contributed by atoms with van der Waals surface area (Å²) < 4.78 is 17.2. The van der Waals surface area contributed by atoms with Crippen molar-refractivity contribution in [2.75, 3.05) is 41.0 Å². The number of unbranched alkanes of at least 4 members (excludes halogenated alkanes) is 27. The van der Waals surface area contributed by atoms with E-state index in [2.05, 4.69) is 38.2 Å². The van der Waals surface area contributed by atoms with Crippen molar-refractivity contribution in [3.63, 3.8) is 0 Å². The van der Waals surface area contributed by atoms with Crippen LogP contribution in [0.15, 0.2) is 24.3 Å². The van der Waals surface area contributed by atoms with Crippen LogP contribution in [0.3, 0.4) is 0 Å². The number of esters is 2. The van der Waals surface area contributed by atoms with Crippen molar-refractivity contribution in [1.29, 1.82) is 0 Å². The summed E-state index contributed by atoms with van der Waals surface area (Å²) in [5, 5.41) is 11.6. The minimum atomic E-state index is -1.13. The van der Waals surface area contributed by atoms with Crippen LogP contribution >= 0.6 is 0 Å². The van der Waals surface area contributed by atoms with Gasteiger partial charge in [-0.25, -0.2) is 0 Å². The van der Waals surface area contributed by atoms with E-state index in [4.69, 9.17) is 14.2 Å². The topological polar surface area (TPSA) is 102 Å². The molecule has 0 bridgehead atoms. The summed E-state index contributed by atoms with van der Waals surface area (Å²) in [5.74, 6) is -1.75. The Morgan fingerprint density at radius 2 is 0.847 bits per heavy atom. The van der Waals surface area contributed by atoms with Gasteiger partial charge in [-0.1, -0.05) is 173 Å². The van der Waals surface area contributed by atoms with Gasteiger partial charge >= 0.3 is 11.9 Å². The van der Waals surface area contributed by atoms with Gasteiger partial charge < -0.3 is 28.6 Å². The molecule has 59 heavy (non-hydrogen) atoms. The van der Waals surface area contributed by atoms with E-state index in [1.165, 1.54) is 148 Å². The smallest absolute Gasteiger partial charge is 0.306 e. The van der Waals surface area contributed by atoms with E-state index in [0.29, 0.717) is 12.8 Å². The second kappa shape index (κ2) is 42.5. The first kappa shape index (κ1) is 56.8. The summed E-state index contributed by atoms with van der Waals surface area (Å²) in [7, 11) is 5.41. The average molecular weight is 834 g/mol. The number of carbonyl (C=O) groups excluding carboxylic acids is 3. The molecule has 0 amide bonds. The van der Waals surface area contributed by atoms with Crippen molar-refractivity contribution in [2.45, 2.75) is 244 Å². The Hall–Kier alpha value is -2.19. The highest BCUT2D eigenvalue weighted by Gasteiger charge is 2.25. The van der Waals surface area contributed by atoms with Crippen LogP contribution in [0.5, 0.6) is 0 Å². The average Bonchev–Trinajstić information content (AvgIpc) is 3.19. The first-order valence-corrected chi connectivity index (χ1v) is 24.9. The molecule has 0 fully saturated rings. The van der Waals surface area contributed by atoms with Gasteiger partial charge in [-0.15, -0.1) is 0 Å². The number of ether oxygens (including phenoxy) is 3. The molecule has 0 spiro atoms. The Morgan fingerprint density at radius 3 is 1.24 bits per heavy atom. The van der Waals surface area contributed by atoms with Crippen LogP contribution in [0.4, 0.5) is 0 Å². The second-order valence-electron chi connectivity index (χ2n) is 18.0. The number of carbonyl (C=O) groups is 3. The Labute approximate surface area is 364 Å². The van der Waals surface area contributed by atoms with E-state index >= 15 is 0 Å². The van der Waals surface area contributed by atoms with E-state index in [1.54, 1.807) is 21.1 Å². The van der Waals surface area contributed by atoms with E-state index in [9.17, 15) is 19.5 Å².